The van der Waals surface area contributed by atoms with Crippen molar-refractivity contribution in [3.63, 3.8) is 0 Å². The van der Waals surface area contributed by atoms with Gasteiger partial charge in [-0.1, -0.05) is 25.5 Å². The number of rotatable bonds is 3. The Morgan fingerprint density at radius 3 is 2.94 bits per heavy atom. The molecule has 0 spiro atoms. The standard InChI is InChI=1S/C13H15NO3/c1-2-3-8-4-5-11-9(6-8)7-10(13(16)17)12(15)14-11/h4-6,10H,2-3,7H2,1H3,(H,14,15)(H,16,17). The summed E-state index contributed by atoms with van der Waals surface area (Å²) < 4.78 is 0. The highest BCUT2D eigenvalue weighted by Gasteiger charge is 2.31. The van der Waals surface area contributed by atoms with E-state index >= 15 is 0 Å². The van der Waals surface area contributed by atoms with E-state index in [1.54, 1.807) is 0 Å². The number of nitrogens with one attached hydrogen (secondary N) is 1. The van der Waals surface area contributed by atoms with Crippen LogP contribution in [0.4, 0.5) is 5.69 Å². The third kappa shape index (κ3) is 2.30. The number of hydrogen-bond donors (Lipinski definition) is 2. The summed E-state index contributed by atoms with van der Waals surface area (Å²) in [6.45, 7) is 2.10. The minimum atomic E-state index is -1.06. The van der Waals surface area contributed by atoms with Crippen LogP contribution in [0.2, 0.25) is 0 Å². The van der Waals surface area contributed by atoms with Gasteiger partial charge in [-0.15, -0.1) is 0 Å². The van der Waals surface area contributed by atoms with Gasteiger partial charge in [-0.25, -0.2) is 0 Å². The SMILES string of the molecule is CCCc1ccc2c(c1)CC(C(=O)O)C(=O)N2. The third-order valence-electron chi connectivity index (χ3n) is 3.00. The minimum Gasteiger partial charge on any atom is -0.481 e. The number of fused-ring (bicyclic) bond motifs is 1. The number of aryl methyl sites for hydroxylation is 1. The number of benzene rings is 1. The molecule has 2 N–H and O–H groups in total. The number of anilines is 1. The van der Waals surface area contributed by atoms with Crippen molar-refractivity contribution < 1.29 is 14.7 Å². The van der Waals surface area contributed by atoms with Crippen molar-refractivity contribution in [1.29, 1.82) is 0 Å². The van der Waals surface area contributed by atoms with Crippen LogP contribution in [0.3, 0.4) is 0 Å². The van der Waals surface area contributed by atoms with Crippen LogP contribution in [-0.4, -0.2) is 17.0 Å². The number of aliphatic carboxylic acids is 1. The lowest BCUT2D eigenvalue weighted by atomic mass is 9.91. The Morgan fingerprint density at radius 1 is 1.53 bits per heavy atom. The average Bonchev–Trinajstić information content (AvgIpc) is 2.28. The van der Waals surface area contributed by atoms with Crippen LogP contribution < -0.4 is 5.32 Å². The summed E-state index contributed by atoms with van der Waals surface area (Å²) in [7, 11) is 0. The first-order valence-electron chi connectivity index (χ1n) is 5.77. The van der Waals surface area contributed by atoms with E-state index in [-0.39, 0.29) is 6.42 Å². The molecule has 1 unspecified atom stereocenters. The molecule has 1 aromatic rings. The monoisotopic (exact) mass is 233 g/mol. The zero-order chi connectivity index (χ0) is 12.4. The van der Waals surface area contributed by atoms with Crippen LogP contribution >= 0.6 is 0 Å². The van der Waals surface area contributed by atoms with E-state index in [0.717, 1.165) is 24.1 Å². The van der Waals surface area contributed by atoms with Crippen molar-refractivity contribution in [2.24, 2.45) is 5.92 Å². The summed E-state index contributed by atoms with van der Waals surface area (Å²) in [4.78, 5) is 22.4. The average molecular weight is 233 g/mol. The second kappa shape index (κ2) is 4.57. The Balaban J connectivity index is 2.30. The van der Waals surface area contributed by atoms with Crippen LogP contribution in [-0.2, 0) is 22.4 Å². The number of carbonyl (C=O) groups is 2. The third-order valence-corrected chi connectivity index (χ3v) is 3.00. The molecule has 0 aliphatic carbocycles. The van der Waals surface area contributed by atoms with Gasteiger partial charge in [-0.2, -0.15) is 0 Å². The van der Waals surface area contributed by atoms with Crippen molar-refractivity contribution >= 4 is 17.6 Å². The fourth-order valence-corrected chi connectivity index (χ4v) is 2.11. The number of carboxylic acid groups (broad SMARTS) is 1. The maximum Gasteiger partial charge on any atom is 0.316 e. The van der Waals surface area contributed by atoms with Crippen LogP contribution in [0.5, 0.6) is 0 Å². The Hall–Kier alpha value is -1.84. The molecule has 0 saturated carbocycles. The van der Waals surface area contributed by atoms with Crippen LogP contribution in [0.25, 0.3) is 0 Å². The number of carboxylic acids is 1. The minimum absolute atomic E-state index is 0.286. The maximum atomic E-state index is 11.5. The van der Waals surface area contributed by atoms with Gasteiger partial charge in [0, 0.05) is 5.69 Å². The first-order chi connectivity index (χ1) is 8.11. The quantitative estimate of drug-likeness (QED) is 0.783. The molecule has 17 heavy (non-hydrogen) atoms. The molecule has 1 aliphatic heterocycles. The van der Waals surface area contributed by atoms with Crippen molar-refractivity contribution in [2.75, 3.05) is 5.32 Å². The van der Waals surface area contributed by atoms with Crippen molar-refractivity contribution in [2.45, 2.75) is 26.2 Å². The van der Waals surface area contributed by atoms with Gasteiger partial charge in [0.15, 0.2) is 0 Å². The molecule has 2 rings (SSSR count). The molecule has 1 heterocycles. The van der Waals surface area contributed by atoms with Gasteiger partial charge in [0.1, 0.15) is 5.92 Å². The molecule has 1 aromatic carbocycles. The summed E-state index contributed by atoms with van der Waals surface area (Å²) >= 11 is 0. The van der Waals surface area contributed by atoms with Gasteiger partial charge in [0.25, 0.3) is 0 Å². The van der Waals surface area contributed by atoms with Gasteiger partial charge in [0.2, 0.25) is 5.91 Å². The smallest absolute Gasteiger partial charge is 0.316 e. The summed E-state index contributed by atoms with van der Waals surface area (Å²) in [5, 5.41) is 11.6. The molecular weight excluding hydrogens is 218 g/mol. The molecule has 0 fully saturated rings. The summed E-state index contributed by atoms with van der Waals surface area (Å²) in [6, 6.07) is 5.83. The molecule has 4 nitrogen and oxygen atoms in total. The molecule has 0 radical (unpaired) electrons. The van der Waals surface area contributed by atoms with Crippen LogP contribution in [0.1, 0.15) is 24.5 Å². The van der Waals surface area contributed by atoms with Gasteiger partial charge >= 0.3 is 5.97 Å². The zero-order valence-corrected chi connectivity index (χ0v) is 9.69. The molecule has 0 bridgehead atoms. The van der Waals surface area contributed by atoms with E-state index in [0.29, 0.717) is 0 Å². The Labute approximate surface area is 99.6 Å². The zero-order valence-electron chi connectivity index (χ0n) is 9.69. The van der Waals surface area contributed by atoms with E-state index in [9.17, 15) is 9.59 Å². The van der Waals surface area contributed by atoms with Gasteiger partial charge in [-0.3, -0.25) is 9.59 Å². The Bertz CT molecular complexity index is 468. The Kier molecular flexibility index (Phi) is 3.13. The van der Waals surface area contributed by atoms with E-state index in [1.165, 1.54) is 5.56 Å². The fraction of sp³-hybridized carbons (Fsp3) is 0.385. The van der Waals surface area contributed by atoms with Crippen LogP contribution in [0, 0.1) is 5.92 Å². The fourth-order valence-electron chi connectivity index (χ4n) is 2.11. The topological polar surface area (TPSA) is 66.4 Å². The molecule has 1 atom stereocenters. The Morgan fingerprint density at radius 2 is 2.29 bits per heavy atom. The van der Waals surface area contributed by atoms with Gasteiger partial charge in [0.05, 0.1) is 0 Å². The number of carbonyl (C=O) groups excluding carboxylic acids is 1. The highest BCUT2D eigenvalue weighted by atomic mass is 16.4. The lowest BCUT2D eigenvalue weighted by Gasteiger charge is -2.22. The normalized spacial score (nSPS) is 18.4. The number of hydrogen-bond acceptors (Lipinski definition) is 2. The van der Waals surface area contributed by atoms with Gasteiger partial charge < -0.3 is 10.4 Å². The summed E-state index contributed by atoms with van der Waals surface area (Å²) in [5.41, 5.74) is 2.85. The highest BCUT2D eigenvalue weighted by molar-refractivity contribution is 6.06. The lowest BCUT2D eigenvalue weighted by molar-refractivity contribution is -0.145. The molecule has 0 aromatic heterocycles. The van der Waals surface area contributed by atoms with E-state index in [2.05, 4.69) is 12.2 Å². The predicted molar refractivity (Wildman–Crippen MR) is 63.9 cm³/mol. The van der Waals surface area contributed by atoms with E-state index in [1.807, 2.05) is 18.2 Å². The van der Waals surface area contributed by atoms with E-state index in [4.69, 9.17) is 5.11 Å². The first-order valence-corrected chi connectivity index (χ1v) is 5.77. The van der Waals surface area contributed by atoms with Crippen molar-refractivity contribution in [3.05, 3.63) is 29.3 Å². The summed E-state index contributed by atoms with van der Waals surface area (Å²) in [6.07, 6.45) is 2.31. The molecular formula is C13H15NO3. The van der Waals surface area contributed by atoms with Crippen molar-refractivity contribution in [3.8, 4) is 0 Å². The first kappa shape index (κ1) is 11.6. The highest BCUT2D eigenvalue weighted by Crippen LogP contribution is 2.27. The molecule has 1 aliphatic rings. The predicted octanol–water partition coefficient (Wildman–Crippen LogP) is 1.83. The molecule has 0 saturated heterocycles. The lowest BCUT2D eigenvalue weighted by Crippen LogP contribution is -2.35. The van der Waals surface area contributed by atoms with E-state index < -0.39 is 17.8 Å². The molecule has 90 valence electrons. The summed E-state index contributed by atoms with van der Waals surface area (Å²) in [5.74, 6) is -2.44. The molecule has 1 amide bonds. The number of amides is 1. The van der Waals surface area contributed by atoms with Gasteiger partial charge in [-0.05, 0) is 30.0 Å². The van der Waals surface area contributed by atoms with Crippen molar-refractivity contribution in [1.82, 2.24) is 0 Å². The second-order valence-electron chi connectivity index (χ2n) is 4.33. The largest absolute Gasteiger partial charge is 0.481 e. The molecule has 4 heteroatoms. The second-order valence-corrected chi connectivity index (χ2v) is 4.33. The van der Waals surface area contributed by atoms with Crippen LogP contribution in [0.15, 0.2) is 18.2 Å². The maximum absolute atomic E-state index is 11.5.